The zero-order valence-electron chi connectivity index (χ0n) is 11.1. The largest absolute Gasteiger partial charge is 0.396 e. The fraction of sp³-hybridized carbons (Fsp3) is 0.600. The lowest BCUT2D eigenvalue weighted by Gasteiger charge is -2.16. The zero-order valence-corrected chi connectivity index (χ0v) is 11.9. The topological polar surface area (TPSA) is 32.3 Å². The van der Waals surface area contributed by atoms with Crippen molar-refractivity contribution in [2.75, 3.05) is 13.7 Å². The lowest BCUT2D eigenvalue weighted by molar-refractivity contribution is 0.269. The predicted octanol–water partition coefficient (Wildman–Crippen LogP) is 3.36. The second-order valence-electron chi connectivity index (χ2n) is 4.95. The molecule has 0 aliphatic heterocycles. The van der Waals surface area contributed by atoms with E-state index >= 15 is 0 Å². The number of aliphatic hydroxyl groups excluding tert-OH is 1. The summed E-state index contributed by atoms with van der Waals surface area (Å²) in [6.45, 7) is 0.226. The molecule has 1 aliphatic carbocycles. The zero-order chi connectivity index (χ0) is 12.8. The number of hydrogen-bond acceptors (Lipinski definition) is 3. The highest BCUT2D eigenvalue weighted by Gasteiger charge is 2.16. The molecule has 2 N–H and O–H groups in total. The Balaban J connectivity index is 1.95. The van der Waals surface area contributed by atoms with Gasteiger partial charge in [-0.25, -0.2) is 0 Å². The van der Waals surface area contributed by atoms with Crippen molar-refractivity contribution in [2.24, 2.45) is 0 Å². The first-order chi connectivity index (χ1) is 8.83. The monoisotopic (exact) mass is 265 g/mol. The molecule has 2 rings (SSSR count). The van der Waals surface area contributed by atoms with Crippen LogP contribution in [-0.2, 0) is 0 Å². The minimum atomic E-state index is 0.226. The molecule has 0 spiro atoms. The van der Waals surface area contributed by atoms with E-state index < -0.39 is 0 Å². The van der Waals surface area contributed by atoms with Gasteiger partial charge in [-0.05, 0) is 44.0 Å². The van der Waals surface area contributed by atoms with Crippen molar-refractivity contribution in [3.05, 3.63) is 29.8 Å². The predicted molar refractivity (Wildman–Crippen MR) is 78.1 cm³/mol. The summed E-state index contributed by atoms with van der Waals surface area (Å²) in [5.41, 5.74) is 1.27. The molecule has 100 valence electrons. The molecule has 1 aliphatic rings. The highest BCUT2D eigenvalue weighted by molar-refractivity contribution is 8.00. The van der Waals surface area contributed by atoms with Crippen molar-refractivity contribution in [1.82, 2.24) is 5.32 Å². The van der Waals surface area contributed by atoms with Gasteiger partial charge in [-0.3, -0.25) is 0 Å². The Hall–Kier alpha value is -0.510. The van der Waals surface area contributed by atoms with Crippen LogP contribution in [0, 0.1) is 0 Å². The Morgan fingerprint density at radius 2 is 1.94 bits per heavy atom. The van der Waals surface area contributed by atoms with Gasteiger partial charge in [0, 0.05) is 22.8 Å². The quantitative estimate of drug-likeness (QED) is 0.827. The van der Waals surface area contributed by atoms with E-state index in [-0.39, 0.29) is 12.6 Å². The van der Waals surface area contributed by atoms with Crippen LogP contribution in [0.25, 0.3) is 0 Å². The molecule has 2 nitrogen and oxygen atoms in total. The number of hydrogen-bond donors (Lipinski definition) is 2. The van der Waals surface area contributed by atoms with Crippen LogP contribution in [0.2, 0.25) is 0 Å². The summed E-state index contributed by atoms with van der Waals surface area (Å²) in [5, 5.41) is 13.1. The van der Waals surface area contributed by atoms with Gasteiger partial charge in [-0.1, -0.05) is 25.0 Å². The number of rotatable bonds is 6. The Kier molecular flexibility index (Phi) is 5.54. The Labute approximate surface area is 114 Å². The van der Waals surface area contributed by atoms with E-state index in [0.29, 0.717) is 0 Å². The summed E-state index contributed by atoms with van der Waals surface area (Å²) in [4.78, 5) is 1.38. The summed E-state index contributed by atoms with van der Waals surface area (Å²) in [6.07, 6.45) is 6.31. The SMILES string of the molecule is CNC(CCO)c1ccc(SC2CCCC2)cc1. The van der Waals surface area contributed by atoms with Crippen LogP contribution in [0.1, 0.15) is 43.7 Å². The average Bonchev–Trinajstić information content (AvgIpc) is 2.90. The maximum Gasteiger partial charge on any atom is 0.0449 e. The molecule has 1 unspecified atom stereocenters. The molecule has 0 heterocycles. The number of aliphatic hydroxyl groups is 1. The van der Waals surface area contributed by atoms with Crippen LogP contribution in [0.3, 0.4) is 0 Å². The maximum atomic E-state index is 9.03. The first-order valence-corrected chi connectivity index (χ1v) is 7.76. The summed E-state index contributed by atoms with van der Waals surface area (Å²) >= 11 is 2.02. The molecule has 0 saturated heterocycles. The normalized spacial score (nSPS) is 18.1. The molecule has 0 amide bonds. The van der Waals surface area contributed by atoms with Gasteiger partial charge in [-0.2, -0.15) is 0 Å². The highest BCUT2D eigenvalue weighted by atomic mass is 32.2. The second kappa shape index (κ2) is 7.17. The molecule has 0 aromatic heterocycles. The molecular weight excluding hydrogens is 242 g/mol. The Bertz CT molecular complexity index is 346. The number of benzene rings is 1. The number of nitrogens with one attached hydrogen (secondary N) is 1. The van der Waals surface area contributed by atoms with Crippen LogP contribution in [0.15, 0.2) is 29.2 Å². The fourth-order valence-corrected chi connectivity index (χ4v) is 3.83. The lowest BCUT2D eigenvalue weighted by Crippen LogP contribution is -2.17. The smallest absolute Gasteiger partial charge is 0.0449 e. The van der Waals surface area contributed by atoms with Crippen molar-refractivity contribution in [3.63, 3.8) is 0 Å². The fourth-order valence-electron chi connectivity index (χ4n) is 2.58. The van der Waals surface area contributed by atoms with Gasteiger partial charge in [0.05, 0.1) is 0 Å². The average molecular weight is 265 g/mol. The van der Waals surface area contributed by atoms with Gasteiger partial charge in [0.25, 0.3) is 0 Å². The van der Waals surface area contributed by atoms with Crippen LogP contribution in [0.5, 0.6) is 0 Å². The number of thioether (sulfide) groups is 1. The van der Waals surface area contributed by atoms with Crippen molar-refractivity contribution >= 4 is 11.8 Å². The third kappa shape index (κ3) is 3.74. The summed E-state index contributed by atoms with van der Waals surface area (Å²) in [7, 11) is 1.95. The van der Waals surface area contributed by atoms with Gasteiger partial charge < -0.3 is 10.4 Å². The minimum Gasteiger partial charge on any atom is -0.396 e. The molecule has 0 bridgehead atoms. The molecule has 1 atom stereocenters. The Morgan fingerprint density at radius 1 is 1.28 bits per heavy atom. The van der Waals surface area contributed by atoms with E-state index in [0.717, 1.165) is 11.7 Å². The molecular formula is C15H23NOS. The van der Waals surface area contributed by atoms with Gasteiger partial charge in [0.2, 0.25) is 0 Å². The first-order valence-electron chi connectivity index (χ1n) is 6.88. The van der Waals surface area contributed by atoms with Crippen LogP contribution < -0.4 is 5.32 Å². The molecule has 0 radical (unpaired) electrons. The van der Waals surface area contributed by atoms with E-state index in [1.54, 1.807) is 0 Å². The van der Waals surface area contributed by atoms with Crippen molar-refractivity contribution in [1.29, 1.82) is 0 Å². The van der Waals surface area contributed by atoms with Crippen LogP contribution in [-0.4, -0.2) is 24.0 Å². The third-order valence-corrected chi connectivity index (χ3v) is 5.00. The molecule has 3 heteroatoms. The summed E-state index contributed by atoms with van der Waals surface area (Å²) < 4.78 is 0. The van der Waals surface area contributed by atoms with E-state index in [2.05, 4.69) is 29.6 Å². The highest BCUT2D eigenvalue weighted by Crippen LogP contribution is 2.35. The molecule has 1 aromatic carbocycles. The molecule has 18 heavy (non-hydrogen) atoms. The van der Waals surface area contributed by atoms with Crippen molar-refractivity contribution in [2.45, 2.75) is 48.3 Å². The minimum absolute atomic E-state index is 0.226. The van der Waals surface area contributed by atoms with Gasteiger partial charge >= 0.3 is 0 Å². The molecule has 1 saturated carbocycles. The molecule has 1 aromatic rings. The maximum absolute atomic E-state index is 9.03. The van der Waals surface area contributed by atoms with E-state index in [1.807, 2.05) is 18.8 Å². The van der Waals surface area contributed by atoms with Gasteiger partial charge in [-0.15, -0.1) is 11.8 Å². The summed E-state index contributed by atoms with van der Waals surface area (Å²) in [6, 6.07) is 9.09. The second-order valence-corrected chi connectivity index (χ2v) is 6.32. The van der Waals surface area contributed by atoms with Crippen LogP contribution in [0.4, 0.5) is 0 Å². The van der Waals surface area contributed by atoms with Crippen molar-refractivity contribution in [3.8, 4) is 0 Å². The lowest BCUT2D eigenvalue weighted by atomic mass is 10.0. The van der Waals surface area contributed by atoms with E-state index in [1.165, 1.54) is 36.1 Å². The first kappa shape index (κ1) is 13.9. The van der Waals surface area contributed by atoms with Crippen molar-refractivity contribution < 1.29 is 5.11 Å². The standard InChI is InChI=1S/C15H23NOS/c1-16-15(10-11-17)12-6-8-14(9-7-12)18-13-4-2-3-5-13/h6-9,13,15-17H,2-5,10-11H2,1H3. The van der Waals surface area contributed by atoms with Crippen LogP contribution >= 0.6 is 11.8 Å². The third-order valence-electron chi connectivity index (χ3n) is 3.65. The molecule has 1 fully saturated rings. The van der Waals surface area contributed by atoms with E-state index in [9.17, 15) is 0 Å². The van der Waals surface area contributed by atoms with E-state index in [4.69, 9.17) is 5.11 Å². The Morgan fingerprint density at radius 3 is 2.50 bits per heavy atom. The van der Waals surface area contributed by atoms with Gasteiger partial charge in [0.1, 0.15) is 0 Å². The summed E-state index contributed by atoms with van der Waals surface area (Å²) in [5.74, 6) is 0. The van der Waals surface area contributed by atoms with Gasteiger partial charge in [0.15, 0.2) is 0 Å².